The second kappa shape index (κ2) is 9.00. The number of carbonyl (C=O) groups is 4. The molecule has 7 heteroatoms. The van der Waals surface area contributed by atoms with Crippen molar-refractivity contribution in [3.8, 4) is 0 Å². The summed E-state index contributed by atoms with van der Waals surface area (Å²) in [5.74, 6) is -1.49. The van der Waals surface area contributed by atoms with E-state index in [9.17, 15) is 19.2 Å². The van der Waals surface area contributed by atoms with Crippen LogP contribution in [-0.4, -0.2) is 23.5 Å². The van der Waals surface area contributed by atoms with Crippen LogP contribution in [0.3, 0.4) is 0 Å². The van der Waals surface area contributed by atoms with E-state index < -0.39 is 11.8 Å². The first-order valence-corrected chi connectivity index (χ1v) is 11.1. The normalized spacial score (nSPS) is 12.4. The van der Waals surface area contributed by atoms with Gasteiger partial charge in [0.25, 0.3) is 17.7 Å². The number of nitrogens with zero attached hydrogens (tertiary/aromatic N) is 1. The number of amides is 3. The number of fused-ring (bicyclic) bond motifs is 1. The average molecular weight is 481 g/mol. The van der Waals surface area contributed by atoms with Crippen LogP contribution in [0, 0.1) is 0 Å². The van der Waals surface area contributed by atoms with E-state index in [2.05, 4.69) is 5.32 Å². The molecular formula is C28H17ClN2O4. The van der Waals surface area contributed by atoms with E-state index in [4.69, 9.17) is 11.6 Å². The third-order valence-corrected chi connectivity index (χ3v) is 5.93. The number of imide groups is 1. The van der Waals surface area contributed by atoms with Crippen molar-refractivity contribution in [2.45, 2.75) is 0 Å². The lowest BCUT2D eigenvalue weighted by Crippen LogP contribution is -2.29. The topological polar surface area (TPSA) is 83.6 Å². The van der Waals surface area contributed by atoms with Gasteiger partial charge >= 0.3 is 0 Å². The molecule has 1 N–H and O–H groups in total. The Morgan fingerprint density at radius 2 is 1.26 bits per heavy atom. The van der Waals surface area contributed by atoms with Crippen LogP contribution in [0.5, 0.6) is 0 Å². The Labute approximate surface area is 205 Å². The molecule has 5 rings (SSSR count). The number of anilines is 2. The van der Waals surface area contributed by atoms with Crippen molar-refractivity contribution < 1.29 is 19.2 Å². The number of ketones is 1. The quantitative estimate of drug-likeness (QED) is 0.296. The molecule has 0 unspecified atom stereocenters. The Bertz CT molecular complexity index is 1480. The Morgan fingerprint density at radius 3 is 1.91 bits per heavy atom. The summed E-state index contributed by atoms with van der Waals surface area (Å²) in [7, 11) is 0. The first kappa shape index (κ1) is 22.3. The van der Waals surface area contributed by atoms with E-state index in [1.165, 1.54) is 12.1 Å². The lowest BCUT2D eigenvalue weighted by molar-refractivity contribution is 0.0924. The van der Waals surface area contributed by atoms with E-state index in [-0.39, 0.29) is 22.8 Å². The molecule has 6 nitrogen and oxygen atoms in total. The molecule has 1 heterocycles. The van der Waals surface area contributed by atoms with Gasteiger partial charge in [-0.15, -0.1) is 0 Å². The molecular weight excluding hydrogens is 464 g/mol. The molecule has 170 valence electrons. The first-order chi connectivity index (χ1) is 16.9. The molecule has 4 aromatic rings. The Kier molecular flexibility index (Phi) is 5.73. The zero-order valence-electron chi connectivity index (χ0n) is 18.2. The van der Waals surface area contributed by atoms with Gasteiger partial charge in [0.2, 0.25) is 0 Å². The maximum Gasteiger partial charge on any atom is 0.266 e. The molecule has 1 aliphatic rings. The van der Waals surface area contributed by atoms with Crippen LogP contribution in [0.25, 0.3) is 0 Å². The molecule has 0 aromatic heterocycles. The minimum atomic E-state index is -0.502. The minimum Gasteiger partial charge on any atom is -0.322 e. The van der Waals surface area contributed by atoms with Crippen LogP contribution in [0.2, 0.25) is 5.02 Å². The highest BCUT2D eigenvalue weighted by Crippen LogP contribution is 2.31. The molecule has 0 aliphatic carbocycles. The van der Waals surface area contributed by atoms with Gasteiger partial charge in [-0.1, -0.05) is 29.8 Å². The standard InChI is InChI=1S/C28H17ClN2O4/c29-20-10-6-17(7-11-20)25(32)18-8-13-22(14-9-18)31-27(34)23-15-12-21(16-24(23)28(31)35)30-26(33)19-4-2-1-3-5-19/h1-16H,(H,30,33). The molecule has 0 radical (unpaired) electrons. The molecule has 0 spiro atoms. The van der Waals surface area contributed by atoms with E-state index >= 15 is 0 Å². The van der Waals surface area contributed by atoms with Gasteiger partial charge in [-0.25, -0.2) is 4.90 Å². The SMILES string of the molecule is O=C(Nc1ccc2c(c1)C(=O)N(c1ccc(C(=O)c3ccc(Cl)cc3)cc1)C2=O)c1ccccc1. The summed E-state index contributed by atoms with van der Waals surface area (Å²) >= 11 is 5.88. The smallest absolute Gasteiger partial charge is 0.266 e. The summed E-state index contributed by atoms with van der Waals surface area (Å²) in [5.41, 5.74) is 2.57. The summed E-state index contributed by atoms with van der Waals surface area (Å²) in [6.07, 6.45) is 0. The van der Waals surface area contributed by atoms with Gasteiger partial charge in [-0.05, 0) is 78.9 Å². The number of benzene rings is 4. The van der Waals surface area contributed by atoms with Crippen LogP contribution in [-0.2, 0) is 0 Å². The minimum absolute atomic E-state index is 0.196. The van der Waals surface area contributed by atoms with Gasteiger partial charge in [0.15, 0.2) is 5.78 Å². The van der Waals surface area contributed by atoms with Crippen molar-refractivity contribution in [1.29, 1.82) is 0 Å². The molecule has 0 saturated heterocycles. The average Bonchev–Trinajstić information content (AvgIpc) is 3.14. The molecule has 0 fully saturated rings. The van der Waals surface area contributed by atoms with Crippen molar-refractivity contribution in [3.05, 3.63) is 130 Å². The third-order valence-electron chi connectivity index (χ3n) is 5.67. The second-order valence-electron chi connectivity index (χ2n) is 7.91. The van der Waals surface area contributed by atoms with Crippen molar-refractivity contribution in [2.75, 3.05) is 10.2 Å². The Morgan fingerprint density at radius 1 is 0.657 bits per heavy atom. The number of hydrogen-bond acceptors (Lipinski definition) is 4. The van der Waals surface area contributed by atoms with Gasteiger partial charge in [0.05, 0.1) is 16.8 Å². The molecule has 0 saturated carbocycles. The van der Waals surface area contributed by atoms with Crippen molar-refractivity contribution in [1.82, 2.24) is 0 Å². The van der Waals surface area contributed by atoms with E-state index in [1.54, 1.807) is 78.9 Å². The van der Waals surface area contributed by atoms with E-state index in [0.29, 0.717) is 33.1 Å². The predicted molar refractivity (Wildman–Crippen MR) is 133 cm³/mol. The fourth-order valence-electron chi connectivity index (χ4n) is 3.88. The highest BCUT2D eigenvalue weighted by Gasteiger charge is 2.37. The van der Waals surface area contributed by atoms with E-state index in [1.807, 2.05) is 6.07 Å². The zero-order valence-corrected chi connectivity index (χ0v) is 19.0. The fraction of sp³-hybridized carbons (Fsp3) is 0. The number of carbonyl (C=O) groups excluding carboxylic acids is 4. The third kappa shape index (κ3) is 4.23. The van der Waals surface area contributed by atoms with Gasteiger partial charge in [0.1, 0.15) is 0 Å². The number of halogens is 1. The van der Waals surface area contributed by atoms with Crippen molar-refractivity contribution in [3.63, 3.8) is 0 Å². The summed E-state index contributed by atoms with van der Waals surface area (Å²) < 4.78 is 0. The summed E-state index contributed by atoms with van der Waals surface area (Å²) in [6.45, 7) is 0. The van der Waals surface area contributed by atoms with Crippen molar-refractivity contribution in [2.24, 2.45) is 0 Å². The highest BCUT2D eigenvalue weighted by atomic mass is 35.5. The van der Waals surface area contributed by atoms with E-state index in [0.717, 1.165) is 4.90 Å². The molecule has 35 heavy (non-hydrogen) atoms. The van der Waals surface area contributed by atoms with Crippen LogP contribution < -0.4 is 10.2 Å². The predicted octanol–water partition coefficient (Wildman–Crippen LogP) is 5.62. The van der Waals surface area contributed by atoms with Gasteiger partial charge in [0, 0.05) is 27.4 Å². The molecule has 3 amide bonds. The maximum atomic E-state index is 13.1. The van der Waals surface area contributed by atoms with Gasteiger partial charge in [-0.3, -0.25) is 19.2 Å². The van der Waals surface area contributed by atoms with Crippen LogP contribution in [0.4, 0.5) is 11.4 Å². The second-order valence-corrected chi connectivity index (χ2v) is 8.35. The number of nitrogens with one attached hydrogen (secondary N) is 1. The fourth-order valence-corrected chi connectivity index (χ4v) is 4.00. The Hall–Kier alpha value is -4.55. The number of hydrogen-bond donors (Lipinski definition) is 1. The van der Waals surface area contributed by atoms with Gasteiger partial charge in [-0.2, -0.15) is 0 Å². The maximum absolute atomic E-state index is 13.1. The highest BCUT2D eigenvalue weighted by molar-refractivity contribution is 6.35. The van der Waals surface area contributed by atoms with Crippen LogP contribution >= 0.6 is 11.6 Å². The molecule has 4 aromatic carbocycles. The summed E-state index contributed by atoms with van der Waals surface area (Å²) in [5, 5.41) is 3.28. The lowest BCUT2D eigenvalue weighted by Gasteiger charge is -2.14. The molecule has 0 atom stereocenters. The van der Waals surface area contributed by atoms with Crippen LogP contribution in [0.1, 0.15) is 47.0 Å². The van der Waals surface area contributed by atoms with Gasteiger partial charge < -0.3 is 5.32 Å². The molecule has 0 bridgehead atoms. The first-order valence-electron chi connectivity index (χ1n) is 10.7. The largest absolute Gasteiger partial charge is 0.322 e. The molecule has 1 aliphatic heterocycles. The monoisotopic (exact) mass is 480 g/mol. The number of rotatable bonds is 5. The summed E-state index contributed by atoms with van der Waals surface area (Å²) in [6, 6.07) is 26.1. The van der Waals surface area contributed by atoms with Crippen LogP contribution in [0.15, 0.2) is 97.1 Å². The lowest BCUT2D eigenvalue weighted by atomic mass is 10.0. The Balaban J connectivity index is 1.36. The summed E-state index contributed by atoms with van der Waals surface area (Å²) in [4.78, 5) is 52.3. The van der Waals surface area contributed by atoms with Crippen molar-refractivity contribution >= 4 is 46.5 Å². The zero-order chi connectivity index (χ0) is 24.5.